The summed E-state index contributed by atoms with van der Waals surface area (Å²) in [7, 11) is 1.55. The first-order chi connectivity index (χ1) is 14.1. The van der Waals surface area contributed by atoms with Crippen molar-refractivity contribution in [1.29, 1.82) is 0 Å². The third-order valence-electron chi connectivity index (χ3n) is 4.60. The zero-order valence-electron chi connectivity index (χ0n) is 15.5. The number of hydrogen-bond acceptors (Lipinski definition) is 5. The first-order valence-electron chi connectivity index (χ1n) is 8.87. The second-order valence-corrected chi connectivity index (χ2v) is 6.37. The number of aliphatic carboxylic acids is 1. The molecule has 1 aromatic heterocycles. The van der Waals surface area contributed by atoms with Crippen molar-refractivity contribution in [2.45, 2.75) is 6.04 Å². The molecular formula is C21H18N4O4. The Balaban J connectivity index is 1.76. The number of methoxy groups -OCH3 is 1. The SMILES string of the molecule is COc1ccccc1[C@@H]1C=C(C(=O)O)Nc2c(C(=O)Nc3ccccc3)cnn21. The Labute approximate surface area is 166 Å². The molecule has 0 fully saturated rings. The van der Waals surface area contributed by atoms with Crippen LogP contribution in [0.25, 0.3) is 0 Å². The third kappa shape index (κ3) is 3.43. The zero-order valence-corrected chi connectivity index (χ0v) is 15.5. The summed E-state index contributed by atoms with van der Waals surface area (Å²) in [6.07, 6.45) is 2.96. The van der Waals surface area contributed by atoms with Gasteiger partial charge in [-0.3, -0.25) is 4.79 Å². The lowest BCUT2D eigenvalue weighted by Crippen LogP contribution is -2.26. The highest BCUT2D eigenvalue weighted by Crippen LogP contribution is 2.36. The van der Waals surface area contributed by atoms with Crippen LogP contribution in [0, 0.1) is 0 Å². The van der Waals surface area contributed by atoms with Gasteiger partial charge in [0.05, 0.1) is 13.3 Å². The van der Waals surface area contributed by atoms with Gasteiger partial charge in [0.15, 0.2) is 0 Å². The van der Waals surface area contributed by atoms with Gasteiger partial charge in [-0.15, -0.1) is 0 Å². The summed E-state index contributed by atoms with van der Waals surface area (Å²) in [4.78, 5) is 24.5. The highest BCUT2D eigenvalue weighted by molar-refractivity contribution is 6.08. The molecule has 0 spiro atoms. The molecule has 0 bridgehead atoms. The van der Waals surface area contributed by atoms with E-state index in [-0.39, 0.29) is 11.3 Å². The summed E-state index contributed by atoms with van der Waals surface area (Å²) in [5.41, 5.74) is 1.56. The maximum atomic E-state index is 12.8. The van der Waals surface area contributed by atoms with E-state index in [2.05, 4.69) is 15.7 Å². The molecule has 1 aliphatic heterocycles. The number of amides is 1. The molecule has 8 nitrogen and oxygen atoms in total. The number of hydrogen-bond donors (Lipinski definition) is 3. The Hall–Kier alpha value is -4.07. The minimum atomic E-state index is -1.13. The summed E-state index contributed by atoms with van der Waals surface area (Å²) < 4.78 is 7.00. The molecule has 0 aliphatic carbocycles. The van der Waals surface area contributed by atoms with Crippen molar-refractivity contribution in [3.63, 3.8) is 0 Å². The number of allylic oxidation sites excluding steroid dienone is 1. The van der Waals surface area contributed by atoms with E-state index < -0.39 is 17.9 Å². The number of nitrogens with zero attached hydrogens (tertiary/aromatic N) is 2. The second-order valence-electron chi connectivity index (χ2n) is 6.37. The van der Waals surface area contributed by atoms with Crippen LogP contribution in [0.4, 0.5) is 11.5 Å². The summed E-state index contributed by atoms with van der Waals surface area (Å²) >= 11 is 0. The number of carbonyl (C=O) groups is 2. The van der Waals surface area contributed by atoms with Gasteiger partial charge in [-0.1, -0.05) is 36.4 Å². The molecule has 2 heterocycles. The van der Waals surface area contributed by atoms with Crippen molar-refractivity contribution >= 4 is 23.4 Å². The van der Waals surface area contributed by atoms with Crippen molar-refractivity contribution < 1.29 is 19.4 Å². The number of rotatable bonds is 5. The van der Waals surface area contributed by atoms with Crippen LogP contribution in [0.5, 0.6) is 5.75 Å². The van der Waals surface area contributed by atoms with Crippen molar-refractivity contribution in [2.24, 2.45) is 0 Å². The molecule has 0 unspecified atom stereocenters. The lowest BCUT2D eigenvalue weighted by Gasteiger charge is -2.25. The highest BCUT2D eigenvalue weighted by atomic mass is 16.5. The van der Waals surface area contributed by atoms with Gasteiger partial charge in [-0.05, 0) is 24.3 Å². The molecule has 1 atom stereocenters. The van der Waals surface area contributed by atoms with Crippen LogP contribution in [0.15, 0.2) is 72.6 Å². The van der Waals surface area contributed by atoms with Crippen molar-refractivity contribution in [3.05, 3.63) is 83.7 Å². The number of benzene rings is 2. The predicted octanol–water partition coefficient (Wildman–Crippen LogP) is 3.13. The number of carboxylic acids is 1. The topological polar surface area (TPSA) is 105 Å². The third-order valence-corrected chi connectivity index (χ3v) is 4.60. The van der Waals surface area contributed by atoms with E-state index in [0.717, 1.165) is 5.56 Å². The number of para-hydroxylation sites is 2. The van der Waals surface area contributed by atoms with E-state index in [1.807, 2.05) is 36.4 Å². The van der Waals surface area contributed by atoms with Crippen molar-refractivity contribution in [2.75, 3.05) is 17.7 Å². The Morgan fingerprint density at radius 3 is 2.59 bits per heavy atom. The van der Waals surface area contributed by atoms with Gasteiger partial charge in [0.25, 0.3) is 5.91 Å². The fourth-order valence-corrected chi connectivity index (χ4v) is 3.24. The quantitative estimate of drug-likeness (QED) is 0.618. The predicted molar refractivity (Wildman–Crippen MR) is 107 cm³/mol. The van der Waals surface area contributed by atoms with Gasteiger partial charge >= 0.3 is 5.97 Å². The fourth-order valence-electron chi connectivity index (χ4n) is 3.24. The largest absolute Gasteiger partial charge is 0.496 e. The van der Waals surface area contributed by atoms with Crippen molar-refractivity contribution in [1.82, 2.24) is 9.78 Å². The van der Waals surface area contributed by atoms with Gasteiger partial charge < -0.3 is 20.5 Å². The fraction of sp³-hybridized carbons (Fsp3) is 0.0952. The van der Waals surface area contributed by atoms with Crippen molar-refractivity contribution in [3.8, 4) is 5.75 Å². The van der Waals surface area contributed by atoms with Gasteiger partial charge in [0.2, 0.25) is 0 Å². The smallest absolute Gasteiger partial charge is 0.352 e. The molecule has 0 radical (unpaired) electrons. The standard InChI is InChI=1S/C21H18N4O4/c1-29-18-10-6-5-9-14(18)17-11-16(21(27)28)24-19-15(12-22-25(17)19)20(26)23-13-7-3-2-4-8-13/h2-12,17,24H,1H3,(H,23,26)(H,27,28)/t17-/m0/s1. The number of carboxylic acid groups (broad SMARTS) is 1. The average Bonchev–Trinajstić information content (AvgIpc) is 3.18. The lowest BCUT2D eigenvalue weighted by atomic mass is 10.0. The summed E-state index contributed by atoms with van der Waals surface area (Å²) in [6.45, 7) is 0. The molecule has 8 heteroatoms. The van der Waals surface area contributed by atoms with Gasteiger partial charge in [0.1, 0.15) is 28.9 Å². The van der Waals surface area contributed by atoms with Crippen LogP contribution in [0.3, 0.4) is 0 Å². The summed E-state index contributed by atoms with van der Waals surface area (Å²) in [5, 5.41) is 19.5. The first-order valence-corrected chi connectivity index (χ1v) is 8.87. The Morgan fingerprint density at radius 2 is 1.86 bits per heavy atom. The van der Waals surface area contributed by atoms with Crippen LogP contribution in [-0.4, -0.2) is 33.9 Å². The van der Waals surface area contributed by atoms with Gasteiger partial charge in [0, 0.05) is 11.3 Å². The molecule has 3 N–H and O–H groups in total. The molecule has 29 heavy (non-hydrogen) atoms. The zero-order chi connectivity index (χ0) is 20.4. The van der Waals surface area contributed by atoms with E-state index in [1.54, 1.807) is 36.1 Å². The minimum Gasteiger partial charge on any atom is -0.496 e. The van der Waals surface area contributed by atoms with Crippen LogP contribution in [-0.2, 0) is 4.79 Å². The van der Waals surface area contributed by atoms with Crippen LogP contribution >= 0.6 is 0 Å². The molecule has 2 aromatic carbocycles. The Bertz CT molecular complexity index is 1100. The van der Waals surface area contributed by atoms with E-state index in [0.29, 0.717) is 17.3 Å². The molecule has 0 saturated carbocycles. The normalized spacial score (nSPS) is 14.9. The Morgan fingerprint density at radius 1 is 1.14 bits per heavy atom. The van der Waals surface area contributed by atoms with E-state index in [4.69, 9.17) is 4.74 Å². The number of carbonyl (C=O) groups excluding carboxylic acids is 1. The summed E-state index contributed by atoms with van der Waals surface area (Å²) in [5.74, 6) is -0.631. The van der Waals surface area contributed by atoms with Crippen LogP contribution in [0.2, 0.25) is 0 Å². The molecular weight excluding hydrogens is 372 g/mol. The molecule has 1 aliphatic rings. The number of fused-ring (bicyclic) bond motifs is 1. The molecule has 0 saturated heterocycles. The van der Waals surface area contributed by atoms with Crippen LogP contribution < -0.4 is 15.4 Å². The Kier molecular flexibility index (Phi) is 4.74. The molecule has 3 aromatic rings. The average molecular weight is 390 g/mol. The first kappa shape index (κ1) is 18.3. The molecule has 1 amide bonds. The molecule has 146 valence electrons. The van der Waals surface area contributed by atoms with Gasteiger partial charge in [-0.2, -0.15) is 5.10 Å². The lowest BCUT2D eigenvalue weighted by molar-refractivity contribution is -0.132. The monoisotopic (exact) mass is 390 g/mol. The van der Waals surface area contributed by atoms with E-state index >= 15 is 0 Å². The number of anilines is 2. The number of nitrogens with one attached hydrogen (secondary N) is 2. The minimum absolute atomic E-state index is 0.0392. The highest BCUT2D eigenvalue weighted by Gasteiger charge is 2.30. The molecule has 4 rings (SSSR count). The summed E-state index contributed by atoms with van der Waals surface area (Å²) in [6, 6.07) is 15.7. The maximum Gasteiger partial charge on any atom is 0.352 e. The number of ether oxygens (including phenoxy) is 1. The van der Waals surface area contributed by atoms with E-state index in [1.165, 1.54) is 6.20 Å². The van der Waals surface area contributed by atoms with E-state index in [9.17, 15) is 14.7 Å². The maximum absolute atomic E-state index is 12.8. The number of aromatic nitrogens is 2. The second kappa shape index (κ2) is 7.51. The van der Waals surface area contributed by atoms with Crippen LogP contribution in [0.1, 0.15) is 22.0 Å². The van der Waals surface area contributed by atoms with Gasteiger partial charge in [-0.25, -0.2) is 9.48 Å².